The third kappa shape index (κ3) is 5.38. The maximum Gasteiger partial charge on any atom is 0.279 e. The number of carbonyl (C=O) groups is 2. The fourth-order valence-electron chi connectivity index (χ4n) is 2.21. The van der Waals surface area contributed by atoms with Gasteiger partial charge in [-0.05, 0) is 55.7 Å². The Morgan fingerprint density at radius 3 is 2.50 bits per heavy atom. The van der Waals surface area contributed by atoms with E-state index in [9.17, 15) is 9.59 Å². The quantitative estimate of drug-likeness (QED) is 0.758. The lowest BCUT2D eigenvalue weighted by Gasteiger charge is -2.17. The molecule has 0 saturated carbocycles. The molecule has 2 aromatic carbocycles. The zero-order valence-electron chi connectivity index (χ0n) is 14.7. The summed E-state index contributed by atoms with van der Waals surface area (Å²) in [5.74, 6) is -0.196. The number of nitrogens with one attached hydrogen (secondary N) is 2. The van der Waals surface area contributed by atoms with Gasteiger partial charge in [0.15, 0.2) is 6.10 Å². The maximum absolute atomic E-state index is 12.1. The zero-order valence-corrected chi connectivity index (χ0v) is 16.2. The van der Waals surface area contributed by atoms with Gasteiger partial charge in [-0.15, -0.1) is 0 Å². The Balaban J connectivity index is 1.85. The van der Waals surface area contributed by atoms with Crippen molar-refractivity contribution in [2.24, 2.45) is 0 Å². The van der Waals surface area contributed by atoms with Crippen LogP contribution in [0.25, 0.3) is 0 Å². The summed E-state index contributed by atoms with van der Waals surface area (Å²) in [5.41, 5.74) is 7.45. The van der Waals surface area contributed by atoms with Gasteiger partial charge in [-0.2, -0.15) is 0 Å². The Morgan fingerprint density at radius 2 is 1.81 bits per heavy atom. The molecule has 0 heterocycles. The number of halogens is 2. The molecule has 0 saturated heterocycles. The molecule has 5 nitrogen and oxygen atoms in total. The Bertz CT molecular complexity index is 824. The third-order valence-electron chi connectivity index (χ3n) is 3.90. The lowest BCUT2D eigenvalue weighted by Crippen LogP contribution is -2.47. The lowest BCUT2D eigenvalue weighted by atomic mass is 10.1. The van der Waals surface area contributed by atoms with E-state index in [1.807, 2.05) is 26.0 Å². The smallest absolute Gasteiger partial charge is 0.279 e. The van der Waals surface area contributed by atoms with Crippen LogP contribution < -0.4 is 15.6 Å². The number of ether oxygens (including phenoxy) is 1. The standard InChI is InChI=1S/C19H20Cl2N2O3/c1-11-5-4-6-17(12(11)2)26-13(3)19(25)23-22-18(24)10-14-7-8-15(20)16(21)9-14/h4-9,13H,10H2,1-3H3,(H,22,24)(H,23,25)/t13-/m1/s1. The molecule has 26 heavy (non-hydrogen) atoms. The van der Waals surface area contributed by atoms with Gasteiger partial charge in [-0.3, -0.25) is 20.4 Å². The van der Waals surface area contributed by atoms with Crippen LogP contribution in [0.2, 0.25) is 10.0 Å². The number of hydrogen-bond acceptors (Lipinski definition) is 3. The molecule has 2 amide bonds. The number of carbonyl (C=O) groups excluding carboxylic acids is 2. The summed E-state index contributed by atoms with van der Waals surface area (Å²) in [6.07, 6.45) is -0.704. The minimum atomic E-state index is -0.763. The van der Waals surface area contributed by atoms with E-state index in [2.05, 4.69) is 10.9 Å². The lowest BCUT2D eigenvalue weighted by molar-refractivity contribution is -0.132. The van der Waals surface area contributed by atoms with Gasteiger partial charge < -0.3 is 4.74 Å². The van der Waals surface area contributed by atoms with Crippen molar-refractivity contribution in [2.45, 2.75) is 33.3 Å². The number of hydrazine groups is 1. The topological polar surface area (TPSA) is 67.4 Å². The summed E-state index contributed by atoms with van der Waals surface area (Å²) in [6, 6.07) is 10.6. The van der Waals surface area contributed by atoms with Crippen LogP contribution in [0.3, 0.4) is 0 Å². The fraction of sp³-hybridized carbons (Fsp3) is 0.263. The molecule has 2 N–H and O–H groups in total. The Labute approximate surface area is 162 Å². The predicted molar refractivity (Wildman–Crippen MR) is 102 cm³/mol. The number of benzene rings is 2. The fourth-order valence-corrected chi connectivity index (χ4v) is 2.53. The van der Waals surface area contributed by atoms with E-state index in [1.165, 1.54) is 0 Å². The second-order valence-corrected chi connectivity index (χ2v) is 6.74. The molecule has 0 unspecified atom stereocenters. The molecule has 2 aromatic rings. The van der Waals surface area contributed by atoms with Gasteiger partial charge in [0.2, 0.25) is 5.91 Å². The predicted octanol–water partition coefficient (Wildman–Crippen LogP) is 3.77. The highest BCUT2D eigenvalue weighted by Crippen LogP contribution is 2.23. The van der Waals surface area contributed by atoms with Crippen LogP contribution in [-0.4, -0.2) is 17.9 Å². The number of amides is 2. The first-order valence-electron chi connectivity index (χ1n) is 8.03. The summed E-state index contributed by atoms with van der Waals surface area (Å²) in [4.78, 5) is 24.1. The van der Waals surface area contributed by atoms with Crippen molar-refractivity contribution < 1.29 is 14.3 Å². The molecule has 0 aliphatic heterocycles. The van der Waals surface area contributed by atoms with E-state index in [-0.39, 0.29) is 12.3 Å². The van der Waals surface area contributed by atoms with Crippen molar-refractivity contribution in [1.29, 1.82) is 0 Å². The minimum absolute atomic E-state index is 0.0589. The van der Waals surface area contributed by atoms with Crippen LogP contribution in [0.4, 0.5) is 0 Å². The van der Waals surface area contributed by atoms with E-state index >= 15 is 0 Å². The van der Waals surface area contributed by atoms with Gasteiger partial charge in [-0.1, -0.05) is 41.4 Å². The average molecular weight is 395 g/mol. The molecular weight excluding hydrogens is 375 g/mol. The van der Waals surface area contributed by atoms with Gasteiger partial charge in [0.25, 0.3) is 5.91 Å². The van der Waals surface area contributed by atoms with Crippen LogP contribution in [0, 0.1) is 13.8 Å². The summed E-state index contributed by atoms with van der Waals surface area (Å²) in [5, 5.41) is 0.790. The van der Waals surface area contributed by atoms with E-state index in [0.29, 0.717) is 21.4 Å². The molecule has 0 fully saturated rings. The average Bonchev–Trinajstić information content (AvgIpc) is 2.60. The molecular formula is C19H20Cl2N2O3. The van der Waals surface area contributed by atoms with Crippen molar-refractivity contribution in [3.8, 4) is 5.75 Å². The van der Waals surface area contributed by atoms with E-state index in [0.717, 1.165) is 11.1 Å². The highest BCUT2D eigenvalue weighted by molar-refractivity contribution is 6.42. The first-order valence-corrected chi connectivity index (χ1v) is 8.79. The summed E-state index contributed by atoms with van der Waals surface area (Å²) < 4.78 is 5.67. The van der Waals surface area contributed by atoms with Crippen LogP contribution in [0.15, 0.2) is 36.4 Å². The highest BCUT2D eigenvalue weighted by Gasteiger charge is 2.17. The molecule has 0 aliphatic carbocycles. The second-order valence-electron chi connectivity index (χ2n) is 5.92. The molecule has 0 aromatic heterocycles. The molecule has 138 valence electrons. The maximum atomic E-state index is 12.1. The van der Waals surface area contributed by atoms with Gasteiger partial charge >= 0.3 is 0 Å². The van der Waals surface area contributed by atoms with Crippen LogP contribution in [0.1, 0.15) is 23.6 Å². The molecule has 1 atom stereocenters. The van der Waals surface area contributed by atoms with Crippen molar-refractivity contribution in [3.63, 3.8) is 0 Å². The SMILES string of the molecule is Cc1cccc(O[C@H](C)C(=O)NNC(=O)Cc2ccc(Cl)c(Cl)c2)c1C. The molecule has 0 bridgehead atoms. The van der Waals surface area contributed by atoms with Crippen LogP contribution in [-0.2, 0) is 16.0 Å². The first kappa shape index (κ1) is 20.1. The van der Waals surface area contributed by atoms with Crippen LogP contribution in [0.5, 0.6) is 5.75 Å². The monoisotopic (exact) mass is 394 g/mol. The van der Waals surface area contributed by atoms with Crippen molar-refractivity contribution in [3.05, 3.63) is 63.1 Å². The summed E-state index contributed by atoms with van der Waals surface area (Å²) in [6.45, 7) is 5.51. The normalized spacial score (nSPS) is 11.6. The molecule has 0 spiro atoms. The second kappa shape index (κ2) is 8.92. The number of rotatable bonds is 5. The van der Waals surface area contributed by atoms with Gasteiger partial charge in [-0.25, -0.2) is 0 Å². The highest BCUT2D eigenvalue weighted by atomic mass is 35.5. The van der Waals surface area contributed by atoms with Gasteiger partial charge in [0, 0.05) is 0 Å². The number of aryl methyl sites for hydroxylation is 1. The van der Waals surface area contributed by atoms with E-state index in [1.54, 1.807) is 31.2 Å². The number of hydrogen-bond donors (Lipinski definition) is 2. The van der Waals surface area contributed by atoms with Crippen molar-refractivity contribution in [1.82, 2.24) is 10.9 Å². The van der Waals surface area contributed by atoms with Gasteiger partial charge in [0.05, 0.1) is 16.5 Å². The molecule has 0 radical (unpaired) electrons. The van der Waals surface area contributed by atoms with Crippen molar-refractivity contribution in [2.75, 3.05) is 0 Å². The molecule has 2 rings (SSSR count). The molecule has 7 heteroatoms. The van der Waals surface area contributed by atoms with Crippen LogP contribution >= 0.6 is 23.2 Å². The Kier molecular flexibility index (Phi) is 6.89. The first-order chi connectivity index (χ1) is 12.3. The van der Waals surface area contributed by atoms with E-state index < -0.39 is 12.0 Å². The van der Waals surface area contributed by atoms with Gasteiger partial charge in [0.1, 0.15) is 5.75 Å². The van der Waals surface area contributed by atoms with Crippen molar-refractivity contribution >= 4 is 35.0 Å². The Hall–Kier alpha value is -2.24. The largest absolute Gasteiger partial charge is 0.481 e. The summed E-state index contributed by atoms with van der Waals surface area (Å²) >= 11 is 11.8. The minimum Gasteiger partial charge on any atom is -0.481 e. The zero-order chi connectivity index (χ0) is 19.3. The summed E-state index contributed by atoms with van der Waals surface area (Å²) in [7, 11) is 0. The molecule has 0 aliphatic rings. The Morgan fingerprint density at radius 1 is 1.08 bits per heavy atom. The van der Waals surface area contributed by atoms with E-state index in [4.69, 9.17) is 27.9 Å². The third-order valence-corrected chi connectivity index (χ3v) is 4.64.